The molecule has 2 aromatic carbocycles. The standard InChI is InChI=1S/C24H28ClFN4O.ClH/c1-4-13-29(23(14-17-5-6-17)18-7-9-19(26)10-8-18)24-27-16(2)30(28-24)22-12-11-20(31-3)15-21(22)25;/h7-12,15,17,23H,4-6,13-14H2,1-3H3;1H. The number of aromatic nitrogens is 3. The summed E-state index contributed by atoms with van der Waals surface area (Å²) in [6.07, 6.45) is 4.47. The number of halogens is 3. The van der Waals surface area contributed by atoms with Crippen LogP contribution in [0, 0.1) is 18.7 Å². The summed E-state index contributed by atoms with van der Waals surface area (Å²) in [5.41, 5.74) is 1.86. The molecule has 0 saturated heterocycles. The molecule has 0 spiro atoms. The molecule has 1 aromatic heterocycles. The van der Waals surface area contributed by atoms with Crippen molar-refractivity contribution in [1.29, 1.82) is 0 Å². The van der Waals surface area contributed by atoms with Gasteiger partial charge in [-0.3, -0.25) is 0 Å². The van der Waals surface area contributed by atoms with Crippen molar-refractivity contribution in [2.75, 3.05) is 18.6 Å². The molecule has 32 heavy (non-hydrogen) atoms. The van der Waals surface area contributed by atoms with Gasteiger partial charge in [0.2, 0.25) is 5.95 Å². The Kier molecular flexibility index (Phi) is 8.01. The Morgan fingerprint density at radius 3 is 2.53 bits per heavy atom. The van der Waals surface area contributed by atoms with Gasteiger partial charge < -0.3 is 9.64 Å². The van der Waals surface area contributed by atoms with E-state index >= 15 is 0 Å². The van der Waals surface area contributed by atoms with Crippen LogP contribution in [0.1, 0.15) is 50.0 Å². The van der Waals surface area contributed by atoms with E-state index < -0.39 is 0 Å². The van der Waals surface area contributed by atoms with Crippen LogP contribution >= 0.6 is 24.0 Å². The molecule has 0 aliphatic heterocycles. The summed E-state index contributed by atoms with van der Waals surface area (Å²) in [6.45, 7) is 4.89. The quantitative estimate of drug-likeness (QED) is 0.349. The van der Waals surface area contributed by atoms with E-state index in [0.29, 0.717) is 22.6 Å². The zero-order chi connectivity index (χ0) is 22.0. The minimum atomic E-state index is -0.219. The first kappa shape index (κ1) is 24.3. The van der Waals surface area contributed by atoms with Crippen LogP contribution in [0.25, 0.3) is 5.69 Å². The first-order chi connectivity index (χ1) is 15.0. The van der Waals surface area contributed by atoms with E-state index in [2.05, 4.69) is 11.8 Å². The van der Waals surface area contributed by atoms with Crippen LogP contribution in [0.15, 0.2) is 42.5 Å². The number of hydrogen-bond acceptors (Lipinski definition) is 4. The van der Waals surface area contributed by atoms with Gasteiger partial charge in [0.05, 0.1) is 23.9 Å². The van der Waals surface area contributed by atoms with Crippen LogP contribution in [0.4, 0.5) is 10.3 Å². The van der Waals surface area contributed by atoms with Gasteiger partial charge in [-0.15, -0.1) is 17.5 Å². The monoisotopic (exact) mass is 478 g/mol. The average molecular weight is 479 g/mol. The van der Waals surface area contributed by atoms with Gasteiger partial charge in [-0.25, -0.2) is 9.07 Å². The largest absolute Gasteiger partial charge is 0.497 e. The highest BCUT2D eigenvalue weighted by Gasteiger charge is 2.31. The molecule has 0 amide bonds. The summed E-state index contributed by atoms with van der Waals surface area (Å²) >= 11 is 6.50. The minimum absolute atomic E-state index is 0. The van der Waals surface area contributed by atoms with E-state index in [4.69, 9.17) is 26.4 Å². The van der Waals surface area contributed by atoms with Crippen molar-refractivity contribution >= 4 is 30.0 Å². The van der Waals surface area contributed by atoms with Crippen LogP contribution in [0.2, 0.25) is 5.02 Å². The molecule has 0 radical (unpaired) electrons. The lowest BCUT2D eigenvalue weighted by Gasteiger charge is -2.31. The van der Waals surface area contributed by atoms with Gasteiger partial charge in [0.25, 0.3) is 0 Å². The molecule has 1 aliphatic rings. The molecule has 1 fully saturated rings. The van der Waals surface area contributed by atoms with E-state index in [-0.39, 0.29) is 24.3 Å². The van der Waals surface area contributed by atoms with Crippen LogP contribution in [0.3, 0.4) is 0 Å². The number of aryl methyl sites for hydroxylation is 1. The van der Waals surface area contributed by atoms with Crippen molar-refractivity contribution in [3.63, 3.8) is 0 Å². The summed E-state index contributed by atoms with van der Waals surface area (Å²) in [5.74, 6) is 2.60. The van der Waals surface area contributed by atoms with Crippen LogP contribution in [-0.4, -0.2) is 28.4 Å². The molecule has 8 heteroatoms. The Morgan fingerprint density at radius 2 is 1.94 bits per heavy atom. The fourth-order valence-corrected chi connectivity index (χ4v) is 4.20. The zero-order valence-electron chi connectivity index (χ0n) is 18.6. The predicted molar refractivity (Wildman–Crippen MR) is 129 cm³/mol. The van der Waals surface area contributed by atoms with Crippen molar-refractivity contribution < 1.29 is 9.13 Å². The van der Waals surface area contributed by atoms with Crippen molar-refractivity contribution in [3.8, 4) is 11.4 Å². The molecule has 5 nitrogen and oxygen atoms in total. The lowest BCUT2D eigenvalue weighted by atomic mass is 9.99. The molecule has 1 atom stereocenters. The normalized spacial score (nSPS) is 14.0. The lowest BCUT2D eigenvalue weighted by Crippen LogP contribution is -2.31. The molecule has 1 aliphatic carbocycles. The number of methoxy groups -OCH3 is 1. The lowest BCUT2D eigenvalue weighted by molar-refractivity contribution is 0.414. The summed E-state index contributed by atoms with van der Waals surface area (Å²) in [5, 5.41) is 5.39. The maximum absolute atomic E-state index is 13.6. The van der Waals surface area contributed by atoms with Crippen molar-refractivity contribution in [1.82, 2.24) is 14.8 Å². The Hall–Kier alpha value is -2.31. The number of ether oxygens (including phenoxy) is 1. The van der Waals surface area contributed by atoms with Crippen molar-refractivity contribution in [3.05, 3.63) is 64.7 Å². The molecule has 1 heterocycles. The molecule has 1 unspecified atom stereocenters. The number of anilines is 1. The molecule has 3 aromatic rings. The smallest absolute Gasteiger partial charge is 0.245 e. The number of benzene rings is 2. The van der Waals surface area contributed by atoms with Gasteiger partial charge in [-0.05, 0) is 55.5 Å². The second-order valence-corrected chi connectivity index (χ2v) is 8.54. The summed E-state index contributed by atoms with van der Waals surface area (Å²) in [6, 6.07) is 12.5. The predicted octanol–water partition coefficient (Wildman–Crippen LogP) is 6.56. The first-order valence-corrected chi connectivity index (χ1v) is 11.2. The van der Waals surface area contributed by atoms with E-state index in [0.717, 1.165) is 36.5 Å². The van der Waals surface area contributed by atoms with Gasteiger partial charge in [0, 0.05) is 12.6 Å². The topological polar surface area (TPSA) is 43.2 Å². The van der Waals surface area contributed by atoms with Crippen LogP contribution < -0.4 is 9.64 Å². The second-order valence-electron chi connectivity index (χ2n) is 8.13. The number of hydrogen-bond donors (Lipinski definition) is 0. The van der Waals surface area contributed by atoms with E-state index in [1.54, 1.807) is 17.9 Å². The van der Waals surface area contributed by atoms with Crippen LogP contribution in [0.5, 0.6) is 5.75 Å². The van der Waals surface area contributed by atoms with Gasteiger partial charge in [-0.2, -0.15) is 4.98 Å². The maximum Gasteiger partial charge on any atom is 0.245 e. The third-order valence-corrected chi connectivity index (χ3v) is 6.05. The Morgan fingerprint density at radius 1 is 1.22 bits per heavy atom. The summed E-state index contributed by atoms with van der Waals surface area (Å²) in [7, 11) is 1.61. The van der Waals surface area contributed by atoms with E-state index in [9.17, 15) is 4.39 Å². The molecule has 172 valence electrons. The minimum Gasteiger partial charge on any atom is -0.497 e. The third-order valence-electron chi connectivity index (χ3n) is 5.75. The van der Waals surface area contributed by atoms with Gasteiger partial charge in [0.15, 0.2) is 0 Å². The van der Waals surface area contributed by atoms with Gasteiger partial charge in [-0.1, -0.05) is 43.5 Å². The van der Waals surface area contributed by atoms with Crippen molar-refractivity contribution in [2.24, 2.45) is 5.92 Å². The molecule has 4 rings (SSSR count). The SMILES string of the molecule is CCCN(c1nc(C)n(-c2ccc(OC)cc2Cl)n1)C(CC1CC1)c1ccc(F)cc1.Cl. The number of rotatable bonds is 9. The molecule has 0 N–H and O–H groups in total. The fraction of sp³-hybridized carbons (Fsp3) is 0.417. The Balaban J connectivity index is 0.00000289. The Bertz CT molecular complexity index is 1040. The first-order valence-electron chi connectivity index (χ1n) is 10.8. The van der Waals surface area contributed by atoms with E-state index in [1.165, 1.54) is 25.0 Å². The average Bonchev–Trinajstić information content (AvgIpc) is 3.51. The highest BCUT2D eigenvalue weighted by molar-refractivity contribution is 6.32. The highest BCUT2D eigenvalue weighted by atomic mass is 35.5. The third kappa shape index (κ3) is 5.36. The Labute approximate surface area is 200 Å². The van der Waals surface area contributed by atoms with Crippen LogP contribution in [-0.2, 0) is 0 Å². The van der Waals surface area contributed by atoms with Crippen molar-refractivity contribution in [2.45, 2.75) is 45.6 Å². The molecular weight excluding hydrogens is 450 g/mol. The molecule has 1 saturated carbocycles. The van der Waals surface area contributed by atoms with Gasteiger partial charge in [0.1, 0.15) is 17.4 Å². The molecular formula is C24H29Cl2FN4O. The zero-order valence-corrected chi connectivity index (χ0v) is 20.2. The fourth-order valence-electron chi connectivity index (χ4n) is 3.95. The molecule has 0 bridgehead atoms. The summed E-state index contributed by atoms with van der Waals surface area (Å²) in [4.78, 5) is 7.05. The van der Waals surface area contributed by atoms with E-state index in [1.807, 2.05) is 31.2 Å². The number of nitrogens with zero attached hydrogens (tertiary/aromatic N) is 4. The highest BCUT2D eigenvalue weighted by Crippen LogP contribution is 2.41. The summed E-state index contributed by atoms with van der Waals surface area (Å²) < 4.78 is 20.6. The maximum atomic E-state index is 13.6. The van der Waals surface area contributed by atoms with Gasteiger partial charge >= 0.3 is 0 Å². The second kappa shape index (κ2) is 10.5.